The van der Waals surface area contributed by atoms with Gasteiger partial charge < -0.3 is 9.80 Å². The molecule has 6 rings (SSSR count). The molecule has 0 aliphatic rings. The summed E-state index contributed by atoms with van der Waals surface area (Å²) in [7, 11) is 0. The lowest BCUT2D eigenvalue weighted by atomic mass is 9.80. The fourth-order valence-electron chi connectivity index (χ4n) is 7.68. The summed E-state index contributed by atoms with van der Waals surface area (Å²) in [5.41, 5.74) is 15.0. The topological polar surface area (TPSA) is 6.48 Å². The molecule has 6 aromatic carbocycles. The molecule has 0 fully saturated rings. The molecule has 54 heavy (non-hydrogen) atoms. The van der Waals surface area contributed by atoms with Gasteiger partial charge in [-0.2, -0.15) is 0 Å². The van der Waals surface area contributed by atoms with E-state index in [1.165, 1.54) is 94.7 Å². The standard InChI is InChI=1S/C52H60N2/c1-9-11-35-51(5,6)43-23-31-47(32-24-43)53(49-17-13-15-39(3)37-49)45-27-19-41(20-28-45)42-21-29-46(30-22-42)54(50-18-14-16-40(4)38-50)48-33-25-44(26-34-48)52(7,8)36-12-10-2/h13-34,37-38H,9-12,35-36H2,1-8H3. The van der Waals surface area contributed by atoms with Crippen LogP contribution >= 0.6 is 0 Å². The van der Waals surface area contributed by atoms with Gasteiger partial charge in [0.05, 0.1) is 0 Å². The summed E-state index contributed by atoms with van der Waals surface area (Å²) < 4.78 is 0. The molecule has 0 aliphatic heterocycles. The van der Waals surface area contributed by atoms with Crippen LogP contribution in [0.4, 0.5) is 34.1 Å². The molecule has 0 aromatic heterocycles. The van der Waals surface area contributed by atoms with E-state index in [1.54, 1.807) is 0 Å². The summed E-state index contributed by atoms with van der Waals surface area (Å²) in [6.45, 7) is 18.4. The van der Waals surface area contributed by atoms with Gasteiger partial charge in [-0.15, -0.1) is 0 Å². The number of unbranched alkanes of at least 4 members (excludes halogenated alkanes) is 2. The van der Waals surface area contributed by atoms with E-state index in [9.17, 15) is 0 Å². The molecule has 0 saturated carbocycles. The normalized spacial score (nSPS) is 11.8. The molecular formula is C52H60N2. The number of hydrogen-bond donors (Lipinski definition) is 0. The van der Waals surface area contributed by atoms with Crippen molar-refractivity contribution in [3.8, 4) is 11.1 Å². The van der Waals surface area contributed by atoms with Gasteiger partial charge >= 0.3 is 0 Å². The Kier molecular flexibility index (Phi) is 12.1. The lowest BCUT2D eigenvalue weighted by Crippen LogP contribution is -2.17. The van der Waals surface area contributed by atoms with Crippen LogP contribution in [0.2, 0.25) is 0 Å². The Labute approximate surface area is 326 Å². The molecule has 0 N–H and O–H groups in total. The zero-order chi connectivity index (χ0) is 38.3. The first-order chi connectivity index (χ1) is 26.0. The van der Waals surface area contributed by atoms with Crippen molar-refractivity contribution in [2.75, 3.05) is 9.80 Å². The van der Waals surface area contributed by atoms with Crippen molar-refractivity contribution in [3.05, 3.63) is 168 Å². The predicted molar refractivity (Wildman–Crippen MR) is 236 cm³/mol. The summed E-state index contributed by atoms with van der Waals surface area (Å²) in [5.74, 6) is 0. The number of rotatable bonds is 15. The van der Waals surface area contributed by atoms with E-state index in [0.29, 0.717) is 0 Å². The Morgan fingerprint density at radius 1 is 0.389 bits per heavy atom. The predicted octanol–water partition coefficient (Wildman–Crippen LogP) is 15.8. The summed E-state index contributed by atoms with van der Waals surface area (Å²) in [5, 5.41) is 0. The highest BCUT2D eigenvalue weighted by atomic mass is 15.1. The molecule has 0 atom stereocenters. The zero-order valence-corrected chi connectivity index (χ0v) is 34.0. The van der Waals surface area contributed by atoms with E-state index in [0.717, 1.165) is 11.4 Å². The molecule has 0 amide bonds. The maximum Gasteiger partial charge on any atom is 0.0464 e. The number of nitrogens with zero attached hydrogens (tertiary/aromatic N) is 2. The maximum absolute atomic E-state index is 2.37. The number of anilines is 6. The molecule has 0 unspecified atom stereocenters. The van der Waals surface area contributed by atoms with Crippen LogP contribution in [0.3, 0.4) is 0 Å². The molecular weight excluding hydrogens is 653 g/mol. The Morgan fingerprint density at radius 3 is 1.00 bits per heavy atom. The van der Waals surface area contributed by atoms with Crippen molar-refractivity contribution in [3.63, 3.8) is 0 Å². The molecule has 0 spiro atoms. The molecule has 0 radical (unpaired) electrons. The van der Waals surface area contributed by atoms with Crippen molar-refractivity contribution in [2.45, 2.75) is 105 Å². The van der Waals surface area contributed by atoms with Gasteiger partial charge in [-0.3, -0.25) is 0 Å². The number of hydrogen-bond acceptors (Lipinski definition) is 2. The van der Waals surface area contributed by atoms with Crippen molar-refractivity contribution >= 4 is 34.1 Å². The fraction of sp³-hybridized carbons (Fsp3) is 0.308. The fourth-order valence-corrected chi connectivity index (χ4v) is 7.68. The molecule has 0 bridgehead atoms. The molecule has 2 heteroatoms. The van der Waals surface area contributed by atoms with Crippen molar-refractivity contribution in [1.82, 2.24) is 0 Å². The summed E-state index contributed by atoms with van der Waals surface area (Å²) in [6.07, 6.45) is 7.33. The van der Waals surface area contributed by atoms with E-state index in [1.807, 2.05) is 0 Å². The van der Waals surface area contributed by atoms with E-state index < -0.39 is 0 Å². The minimum absolute atomic E-state index is 0.159. The van der Waals surface area contributed by atoms with Crippen LogP contribution in [0.25, 0.3) is 11.1 Å². The zero-order valence-electron chi connectivity index (χ0n) is 34.0. The van der Waals surface area contributed by atoms with E-state index in [2.05, 4.69) is 211 Å². The van der Waals surface area contributed by atoms with Gasteiger partial charge in [0, 0.05) is 34.1 Å². The average molecular weight is 713 g/mol. The van der Waals surface area contributed by atoms with Crippen LogP contribution in [-0.2, 0) is 10.8 Å². The molecule has 0 saturated heterocycles. The highest BCUT2D eigenvalue weighted by Gasteiger charge is 2.22. The molecule has 0 heterocycles. The van der Waals surface area contributed by atoms with Crippen LogP contribution in [0.1, 0.15) is 102 Å². The van der Waals surface area contributed by atoms with Crippen molar-refractivity contribution in [2.24, 2.45) is 0 Å². The van der Waals surface area contributed by atoms with Crippen LogP contribution < -0.4 is 9.80 Å². The van der Waals surface area contributed by atoms with E-state index in [4.69, 9.17) is 0 Å². The van der Waals surface area contributed by atoms with Crippen LogP contribution in [0.15, 0.2) is 146 Å². The minimum Gasteiger partial charge on any atom is -0.310 e. The van der Waals surface area contributed by atoms with Crippen molar-refractivity contribution < 1.29 is 0 Å². The van der Waals surface area contributed by atoms with Gasteiger partial charge in [0.25, 0.3) is 0 Å². The highest BCUT2D eigenvalue weighted by molar-refractivity contribution is 5.81. The Bertz CT molecular complexity index is 1930. The first-order valence-corrected chi connectivity index (χ1v) is 20.1. The van der Waals surface area contributed by atoms with E-state index in [-0.39, 0.29) is 10.8 Å². The Hall–Kier alpha value is -5.08. The average Bonchev–Trinajstić information content (AvgIpc) is 3.18. The third-order valence-corrected chi connectivity index (χ3v) is 11.2. The van der Waals surface area contributed by atoms with Gasteiger partial charge in [-0.05, 0) is 144 Å². The second-order valence-corrected chi connectivity index (χ2v) is 16.5. The smallest absolute Gasteiger partial charge is 0.0464 e. The maximum atomic E-state index is 2.37. The van der Waals surface area contributed by atoms with Gasteiger partial charge in [-0.1, -0.05) is 140 Å². The largest absolute Gasteiger partial charge is 0.310 e. The van der Waals surface area contributed by atoms with Gasteiger partial charge in [0.2, 0.25) is 0 Å². The van der Waals surface area contributed by atoms with E-state index >= 15 is 0 Å². The monoisotopic (exact) mass is 712 g/mol. The SMILES string of the molecule is CCCCC(C)(C)c1ccc(N(c2ccc(-c3ccc(N(c4ccc(C(C)(C)CCCC)cc4)c4cccc(C)c4)cc3)cc2)c2cccc(C)c2)cc1. The third kappa shape index (κ3) is 8.99. The van der Waals surface area contributed by atoms with Gasteiger partial charge in [0.1, 0.15) is 0 Å². The summed E-state index contributed by atoms with van der Waals surface area (Å²) in [4.78, 5) is 4.75. The number of benzene rings is 6. The second kappa shape index (κ2) is 16.9. The lowest BCUT2D eigenvalue weighted by molar-refractivity contribution is 0.458. The van der Waals surface area contributed by atoms with Gasteiger partial charge in [-0.25, -0.2) is 0 Å². The van der Waals surface area contributed by atoms with Crippen LogP contribution in [-0.4, -0.2) is 0 Å². The van der Waals surface area contributed by atoms with Crippen LogP contribution in [0, 0.1) is 13.8 Å². The quantitative estimate of drug-likeness (QED) is 0.105. The summed E-state index contributed by atoms with van der Waals surface area (Å²) in [6, 6.07) is 54.1. The molecule has 2 nitrogen and oxygen atoms in total. The Balaban J connectivity index is 1.29. The molecule has 6 aromatic rings. The third-order valence-electron chi connectivity index (χ3n) is 11.2. The lowest BCUT2D eigenvalue weighted by Gasteiger charge is -2.29. The molecule has 0 aliphatic carbocycles. The van der Waals surface area contributed by atoms with Crippen molar-refractivity contribution in [1.29, 1.82) is 0 Å². The molecule has 278 valence electrons. The van der Waals surface area contributed by atoms with Gasteiger partial charge in [0.15, 0.2) is 0 Å². The first kappa shape index (κ1) is 38.6. The highest BCUT2D eigenvalue weighted by Crippen LogP contribution is 2.40. The first-order valence-electron chi connectivity index (χ1n) is 20.1. The summed E-state index contributed by atoms with van der Waals surface area (Å²) >= 11 is 0. The Morgan fingerprint density at radius 2 is 0.704 bits per heavy atom. The second-order valence-electron chi connectivity index (χ2n) is 16.5. The minimum atomic E-state index is 0.159. The number of aryl methyl sites for hydroxylation is 2. The van der Waals surface area contributed by atoms with Crippen LogP contribution in [0.5, 0.6) is 0 Å².